The molecule has 0 saturated carbocycles. The summed E-state index contributed by atoms with van der Waals surface area (Å²) >= 11 is 5.81. The van der Waals surface area contributed by atoms with Gasteiger partial charge in [-0.25, -0.2) is 0 Å². The van der Waals surface area contributed by atoms with Gasteiger partial charge < -0.3 is 14.7 Å². The van der Waals surface area contributed by atoms with Gasteiger partial charge in [0, 0.05) is 10.6 Å². The van der Waals surface area contributed by atoms with Gasteiger partial charge in [0.1, 0.15) is 5.75 Å². The number of halogens is 1. The highest BCUT2D eigenvalue weighted by atomic mass is 35.5. The maximum atomic E-state index is 8.83. The highest BCUT2D eigenvalue weighted by Gasteiger charge is 2.14. The van der Waals surface area contributed by atoms with Crippen molar-refractivity contribution < 1.29 is 14.7 Å². The summed E-state index contributed by atoms with van der Waals surface area (Å²) in [5.41, 5.74) is 1.67. The minimum absolute atomic E-state index is 0.407. The first-order valence-corrected chi connectivity index (χ1v) is 5.42. The van der Waals surface area contributed by atoms with Crippen molar-refractivity contribution in [3.63, 3.8) is 0 Å². The predicted octanol–water partition coefficient (Wildman–Crippen LogP) is 2.36. The largest absolute Gasteiger partial charge is 0.707 e. The average molecular weight is 248 g/mol. The van der Waals surface area contributed by atoms with Crippen LogP contribution in [0.15, 0.2) is 48.5 Å². The van der Waals surface area contributed by atoms with Crippen LogP contribution in [0.1, 0.15) is 0 Å². The molecular formula is C12H10BClO3. The van der Waals surface area contributed by atoms with E-state index in [1.54, 1.807) is 24.3 Å². The second kappa shape index (κ2) is 5.23. The smallest absolute Gasteiger partial charge is 0.512 e. The zero-order valence-corrected chi connectivity index (χ0v) is 9.63. The van der Waals surface area contributed by atoms with Crippen LogP contribution < -0.4 is 4.65 Å². The lowest BCUT2D eigenvalue weighted by Crippen LogP contribution is -2.20. The van der Waals surface area contributed by atoms with E-state index in [0.29, 0.717) is 10.8 Å². The second-order valence-electron chi connectivity index (χ2n) is 3.45. The Kier molecular flexibility index (Phi) is 3.69. The van der Waals surface area contributed by atoms with Gasteiger partial charge in [-0.2, -0.15) is 0 Å². The molecule has 0 aliphatic carbocycles. The van der Waals surface area contributed by atoms with Crippen LogP contribution in [0.4, 0.5) is 0 Å². The fourth-order valence-electron chi connectivity index (χ4n) is 1.55. The highest BCUT2D eigenvalue weighted by Crippen LogP contribution is 2.30. The molecule has 0 radical (unpaired) electrons. The van der Waals surface area contributed by atoms with Crippen molar-refractivity contribution in [1.82, 2.24) is 0 Å². The van der Waals surface area contributed by atoms with Gasteiger partial charge >= 0.3 is 7.32 Å². The van der Waals surface area contributed by atoms with Crippen molar-refractivity contribution in [2.24, 2.45) is 0 Å². The maximum absolute atomic E-state index is 8.83. The second-order valence-corrected chi connectivity index (χ2v) is 3.88. The molecule has 0 atom stereocenters. The SMILES string of the molecule is OB(O)Oc1ccccc1-c1ccc(Cl)cc1. The Morgan fingerprint density at radius 2 is 1.59 bits per heavy atom. The third kappa shape index (κ3) is 3.00. The molecule has 0 bridgehead atoms. The van der Waals surface area contributed by atoms with E-state index in [1.165, 1.54) is 0 Å². The van der Waals surface area contributed by atoms with Gasteiger partial charge in [-0.05, 0) is 23.8 Å². The molecule has 0 aliphatic heterocycles. The van der Waals surface area contributed by atoms with Crippen molar-refractivity contribution in [3.05, 3.63) is 53.6 Å². The summed E-state index contributed by atoms with van der Waals surface area (Å²) in [6, 6.07) is 14.3. The van der Waals surface area contributed by atoms with Gasteiger partial charge in [0.2, 0.25) is 0 Å². The average Bonchev–Trinajstić information content (AvgIpc) is 2.30. The molecule has 86 valence electrons. The molecule has 2 aromatic rings. The Labute approximate surface area is 104 Å². The third-order valence-corrected chi connectivity index (χ3v) is 2.53. The molecule has 2 N–H and O–H groups in total. The van der Waals surface area contributed by atoms with E-state index in [2.05, 4.69) is 0 Å². The quantitative estimate of drug-likeness (QED) is 0.820. The highest BCUT2D eigenvalue weighted by molar-refractivity contribution is 6.34. The van der Waals surface area contributed by atoms with E-state index in [9.17, 15) is 0 Å². The Bertz CT molecular complexity index is 499. The summed E-state index contributed by atoms with van der Waals surface area (Å²) in [5.74, 6) is 0.407. The topological polar surface area (TPSA) is 49.7 Å². The summed E-state index contributed by atoms with van der Waals surface area (Å²) in [4.78, 5) is 0. The summed E-state index contributed by atoms with van der Waals surface area (Å²) in [6.07, 6.45) is 0. The van der Waals surface area contributed by atoms with Crippen molar-refractivity contribution in [1.29, 1.82) is 0 Å². The predicted molar refractivity (Wildman–Crippen MR) is 67.7 cm³/mol. The summed E-state index contributed by atoms with van der Waals surface area (Å²) in [6.45, 7) is 0. The molecule has 0 heterocycles. The number of hydrogen-bond acceptors (Lipinski definition) is 3. The standard InChI is InChI=1S/C12H10BClO3/c14-10-7-5-9(6-8-10)11-3-1-2-4-12(11)17-13(15)16/h1-8,15-16H. The van der Waals surface area contributed by atoms with Crippen molar-refractivity contribution in [3.8, 4) is 16.9 Å². The van der Waals surface area contributed by atoms with Crippen molar-refractivity contribution in [2.75, 3.05) is 0 Å². The van der Waals surface area contributed by atoms with Gasteiger partial charge in [0.15, 0.2) is 0 Å². The molecule has 3 nitrogen and oxygen atoms in total. The van der Waals surface area contributed by atoms with Crippen molar-refractivity contribution in [2.45, 2.75) is 0 Å². The molecule has 0 spiro atoms. The number of benzene rings is 2. The minimum Gasteiger partial charge on any atom is -0.512 e. The fraction of sp³-hybridized carbons (Fsp3) is 0. The lowest BCUT2D eigenvalue weighted by Gasteiger charge is -2.10. The molecule has 2 aromatic carbocycles. The van der Waals surface area contributed by atoms with Gasteiger partial charge in [0.25, 0.3) is 0 Å². The van der Waals surface area contributed by atoms with Crippen LogP contribution in [-0.4, -0.2) is 17.4 Å². The van der Waals surface area contributed by atoms with E-state index in [1.807, 2.05) is 24.3 Å². The van der Waals surface area contributed by atoms with E-state index >= 15 is 0 Å². The fourth-order valence-corrected chi connectivity index (χ4v) is 1.68. The molecule has 0 unspecified atom stereocenters. The van der Waals surface area contributed by atoms with Crippen LogP contribution in [0.3, 0.4) is 0 Å². The lowest BCUT2D eigenvalue weighted by atomic mass is 10.0. The summed E-state index contributed by atoms with van der Waals surface area (Å²) < 4.78 is 4.91. The van der Waals surface area contributed by atoms with E-state index < -0.39 is 7.32 Å². The summed E-state index contributed by atoms with van der Waals surface area (Å²) in [5, 5.41) is 18.3. The van der Waals surface area contributed by atoms with Crippen LogP contribution in [0, 0.1) is 0 Å². The molecule has 0 saturated heterocycles. The van der Waals surface area contributed by atoms with Gasteiger partial charge in [-0.1, -0.05) is 41.9 Å². The molecule has 0 amide bonds. The Morgan fingerprint density at radius 3 is 2.24 bits per heavy atom. The number of para-hydroxylation sites is 1. The first kappa shape index (κ1) is 12.0. The van der Waals surface area contributed by atoms with E-state index in [-0.39, 0.29) is 0 Å². The molecule has 0 fully saturated rings. The van der Waals surface area contributed by atoms with Crippen LogP contribution in [-0.2, 0) is 0 Å². The normalized spacial score (nSPS) is 10.1. The summed E-state index contributed by atoms with van der Waals surface area (Å²) in [7, 11) is -1.83. The van der Waals surface area contributed by atoms with Gasteiger partial charge in [-0.3, -0.25) is 0 Å². The zero-order valence-electron chi connectivity index (χ0n) is 8.88. The van der Waals surface area contributed by atoms with Crippen LogP contribution >= 0.6 is 11.6 Å². The Hall–Kier alpha value is -1.49. The van der Waals surface area contributed by atoms with E-state index in [4.69, 9.17) is 26.3 Å². The molecule has 17 heavy (non-hydrogen) atoms. The molecule has 5 heteroatoms. The monoisotopic (exact) mass is 248 g/mol. The van der Waals surface area contributed by atoms with Crippen molar-refractivity contribution >= 4 is 18.9 Å². The number of rotatable bonds is 3. The third-order valence-electron chi connectivity index (χ3n) is 2.27. The van der Waals surface area contributed by atoms with E-state index in [0.717, 1.165) is 11.1 Å². The van der Waals surface area contributed by atoms with Crippen LogP contribution in [0.5, 0.6) is 5.75 Å². The lowest BCUT2D eigenvalue weighted by molar-refractivity contribution is 0.288. The molecule has 0 aliphatic rings. The van der Waals surface area contributed by atoms with Crippen LogP contribution in [0.25, 0.3) is 11.1 Å². The molecule has 2 rings (SSSR count). The first-order valence-electron chi connectivity index (χ1n) is 5.04. The first-order chi connectivity index (χ1) is 8.16. The van der Waals surface area contributed by atoms with Crippen LogP contribution in [0.2, 0.25) is 5.02 Å². The molecular weight excluding hydrogens is 238 g/mol. The minimum atomic E-state index is -1.83. The van der Waals surface area contributed by atoms with Gasteiger partial charge in [0.05, 0.1) is 0 Å². The Balaban J connectivity index is 2.40. The maximum Gasteiger partial charge on any atom is 0.707 e. The molecule has 0 aromatic heterocycles. The van der Waals surface area contributed by atoms with Gasteiger partial charge in [-0.15, -0.1) is 0 Å². The Morgan fingerprint density at radius 1 is 0.941 bits per heavy atom. The number of hydrogen-bond donors (Lipinski definition) is 2. The zero-order chi connectivity index (χ0) is 12.3.